The molecule has 0 aromatic heterocycles. The van der Waals surface area contributed by atoms with Gasteiger partial charge in [-0.25, -0.2) is 4.79 Å². The van der Waals surface area contributed by atoms with Crippen molar-refractivity contribution in [2.24, 2.45) is 11.8 Å². The third kappa shape index (κ3) is 8.14. The smallest absolute Gasteiger partial charge is 0.416 e. The van der Waals surface area contributed by atoms with E-state index in [4.69, 9.17) is 5.11 Å². The summed E-state index contributed by atoms with van der Waals surface area (Å²) in [5.41, 5.74) is 0.295. The molecule has 2 amide bonds. The van der Waals surface area contributed by atoms with Crippen molar-refractivity contribution in [3.05, 3.63) is 107 Å². The molecule has 5 rings (SSSR count). The maximum atomic E-state index is 13.5. The van der Waals surface area contributed by atoms with Gasteiger partial charge in [-0.2, -0.15) is 26.3 Å². The molecule has 0 aliphatic heterocycles. The summed E-state index contributed by atoms with van der Waals surface area (Å²) in [6, 6.07) is 14.2. The second-order valence-corrected chi connectivity index (χ2v) is 11.3. The Morgan fingerprint density at radius 2 is 1.53 bits per heavy atom. The maximum Gasteiger partial charge on any atom is 0.416 e. The van der Waals surface area contributed by atoms with Gasteiger partial charge in [-0.1, -0.05) is 54.6 Å². The lowest BCUT2D eigenvalue weighted by molar-refractivity contribution is -0.143. The van der Waals surface area contributed by atoms with Crippen LogP contribution in [0.5, 0.6) is 0 Å². The Bertz CT molecular complexity index is 1580. The van der Waals surface area contributed by atoms with Gasteiger partial charge in [-0.3, -0.25) is 9.69 Å². The van der Waals surface area contributed by atoms with Crippen molar-refractivity contribution >= 4 is 35.0 Å². The van der Waals surface area contributed by atoms with E-state index in [1.807, 2.05) is 24.3 Å². The van der Waals surface area contributed by atoms with E-state index in [0.29, 0.717) is 29.8 Å². The summed E-state index contributed by atoms with van der Waals surface area (Å²) in [6.45, 7) is -0.0350. The highest BCUT2D eigenvalue weighted by Crippen LogP contribution is 2.40. The number of halogens is 6. The van der Waals surface area contributed by atoms with E-state index in [-0.39, 0.29) is 24.4 Å². The number of anilines is 2. The molecule has 45 heavy (non-hydrogen) atoms. The van der Waals surface area contributed by atoms with Crippen LogP contribution in [-0.2, 0) is 23.7 Å². The molecule has 0 spiro atoms. The number of carbonyl (C=O) groups excluding carboxylic acids is 1. The normalized spacial score (nSPS) is 18.4. The molecule has 3 aromatic carbocycles. The highest BCUT2D eigenvalue weighted by Gasteiger charge is 2.41. The van der Waals surface area contributed by atoms with Crippen LogP contribution in [0.2, 0.25) is 0 Å². The summed E-state index contributed by atoms with van der Waals surface area (Å²) < 4.78 is 80.6. The number of aliphatic carboxylic acids is 1. The number of hydrogen-bond donors (Lipinski definition) is 2. The first-order chi connectivity index (χ1) is 21.3. The zero-order valence-electron chi connectivity index (χ0n) is 24.0. The molecular weight excluding hydrogens is 598 g/mol. The molecule has 236 valence electrons. The predicted octanol–water partition coefficient (Wildman–Crippen LogP) is 9.65. The molecule has 1 fully saturated rings. The van der Waals surface area contributed by atoms with E-state index < -0.39 is 41.2 Å². The van der Waals surface area contributed by atoms with E-state index in [1.165, 1.54) is 10.5 Å². The Morgan fingerprint density at radius 3 is 2.07 bits per heavy atom. The minimum absolute atomic E-state index is 0.00708. The number of carboxylic acid groups (broad SMARTS) is 1. The van der Waals surface area contributed by atoms with Gasteiger partial charge in [-0.05, 0) is 90.6 Å². The summed E-state index contributed by atoms with van der Waals surface area (Å²) in [6.07, 6.45) is 0.324. The number of alkyl halides is 6. The second-order valence-electron chi connectivity index (χ2n) is 11.3. The lowest BCUT2D eigenvalue weighted by Crippen LogP contribution is -2.34. The van der Waals surface area contributed by atoms with Crippen molar-refractivity contribution in [1.82, 2.24) is 0 Å². The third-order valence-corrected chi connectivity index (χ3v) is 7.94. The minimum Gasteiger partial charge on any atom is -0.481 e. The fourth-order valence-electron chi connectivity index (χ4n) is 5.32. The second kappa shape index (κ2) is 12.8. The number of carbonyl (C=O) groups is 2. The van der Waals surface area contributed by atoms with Crippen LogP contribution in [0.4, 0.5) is 42.5 Å². The number of nitrogens with one attached hydrogen (secondary N) is 1. The predicted molar refractivity (Wildman–Crippen MR) is 159 cm³/mol. The molecule has 0 radical (unpaired) electrons. The monoisotopic (exact) mass is 628 g/mol. The van der Waals surface area contributed by atoms with Crippen molar-refractivity contribution in [3.63, 3.8) is 0 Å². The van der Waals surface area contributed by atoms with Gasteiger partial charge >= 0.3 is 24.4 Å². The van der Waals surface area contributed by atoms with E-state index in [9.17, 15) is 35.9 Å². The van der Waals surface area contributed by atoms with Gasteiger partial charge < -0.3 is 10.4 Å². The Labute approximate surface area is 255 Å². The summed E-state index contributed by atoms with van der Waals surface area (Å²) in [5, 5.41) is 11.3. The molecule has 0 heterocycles. The quantitative estimate of drug-likeness (QED) is 0.244. The number of carboxylic acids is 1. The van der Waals surface area contributed by atoms with Crippen LogP contribution < -0.4 is 10.2 Å². The molecule has 2 N–H and O–H groups in total. The number of nitrogens with zero attached hydrogens (tertiary/aromatic N) is 1. The number of rotatable bonds is 8. The zero-order chi connectivity index (χ0) is 32.4. The van der Waals surface area contributed by atoms with Crippen LogP contribution in [0.25, 0.3) is 11.6 Å². The third-order valence-electron chi connectivity index (χ3n) is 7.94. The molecule has 0 bridgehead atoms. The average Bonchev–Trinajstić information content (AvgIpc) is 3.79. The van der Waals surface area contributed by atoms with Crippen molar-refractivity contribution in [2.45, 2.75) is 51.0 Å². The zero-order valence-corrected chi connectivity index (χ0v) is 24.0. The largest absolute Gasteiger partial charge is 0.481 e. The Balaban J connectivity index is 1.41. The highest BCUT2D eigenvalue weighted by molar-refractivity contribution is 6.02. The first kappa shape index (κ1) is 31.9. The van der Waals surface area contributed by atoms with Gasteiger partial charge in [0.15, 0.2) is 0 Å². The molecule has 2 aliphatic rings. The molecule has 5 nitrogen and oxygen atoms in total. The van der Waals surface area contributed by atoms with E-state index in [0.717, 1.165) is 36.8 Å². The van der Waals surface area contributed by atoms with E-state index in [1.54, 1.807) is 36.4 Å². The van der Waals surface area contributed by atoms with Gasteiger partial charge in [-0.15, -0.1) is 0 Å². The number of amides is 2. The molecular formula is C34H30F6N2O3. The van der Waals surface area contributed by atoms with Crippen LogP contribution in [0.3, 0.4) is 0 Å². The van der Waals surface area contributed by atoms with E-state index in [2.05, 4.69) is 11.4 Å². The van der Waals surface area contributed by atoms with Gasteiger partial charge in [0.2, 0.25) is 0 Å². The molecule has 1 saturated carbocycles. The standard InChI is InChI=1S/C34H30F6N2O3/c35-33(36,37)26-17-27(34(38,39)40)19-28(18-26)41-32(45)42(29-14-12-24(13-15-29)23-4-2-1-3-5-23)20-22-8-6-21(7-9-22)10-11-25-16-30(25)31(43)44/h4,6-15,17-19,25,30H,1-3,5,16,20H2,(H,41,45)(H,43,44)/b11-10+. The fourth-order valence-corrected chi connectivity index (χ4v) is 5.32. The average molecular weight is 629 g/mol. The SMILES string of the molecule is O=C(O)C1CC1/C=C/c1ccc(CN(C(=O)Nc2cc(C(F)(F)F)cc(C(F)(F)F)c2)c2ccc(C3=CCCCC3)cc2)cc1. The molecule has 0 saturated heterocycles. The Hall–Kier alpha value is -4.54. The summed E-state index contributed by atoms with van der Waals surface area (Å²) in [5.74, 6) is -1.23. The number of hydrogen-bond acceptors (Lipinski definition) is 2. The highest BCUT2D eigenvalue weighted by atomic mass is 19.4. The molecule has 2 unspecified atom stereocenters. The maximum absolute atomic E-state index is 13.5. The van der Waals surface area contributed by atoms with Crippen LogP contribution in [-0.4, -0.2) is 17.1 Å². The Morgan fingerprint density at radius 1 is 0.889 bits per heavy atom. The molecule has 3 aromatic rings. The Kier molecular flexibility index (Phi) is 9.08. The van der Waals surface area contributed by atoms with Crippen LogP contribution in [0.15, 0.2) is 78.9 Å². The lowest BCUT2D eigenvalue weighted by atomic mass is 9.93. The van der Waals surface area contributed by atoms with Gasteiger partial charge in [0, 0.05) is 11.4 Å². The molecule has 2 atom stereocenters. The fraction of sp³-hybridized carbons (Fsp3) is 0.294. The summed E-state index contributed by atoms with van der Waals surface area (Å²) in [7, 11) is 0. The lowest BCUT2D eigenvalue weighted by Gasteiger charge is -2.25. The van der Waals surface area contributed by atoms with Gasteiger partial charge in [0.25, 0.3) is 0 Å². The van der Waals surface area contributed by atoms with E-state index >= 15 is 0 Å². The van der Waals surface area contributed by atoms with Crippen LogP contribution in [0, 0.1) is 11.8 Å². The minimum atomic E-state index is -5.06. The first-order valence-corrected chi connectivity index (χ1v) is 14.5. The van der Waals surface area contributed by atoms with Crippen LogP contribution in [0.1, 0.15) is 59.9 Å². The topological polar surface area (TPSA) is 69.6 Å². The van der Waals surface area contributed by atoms with Gasteiger partial charge in [0.1, 0.15) is 0 Å². The number of benzene rings is 3. The molecule has 2 aliphatic carbocycles. The number of allylic oxidation sites excluding steroid dienone is 3. The van der Waals surface area contributed by atoms with Gasteiger partial charge in [0.05, 0.1) is 23.6 Å². The first-order valence-electron chi connectivity index (χ1n) is 14.5. The van der Waals surface area contributed by atoms with Crippen molar-refractivity contribution in [2.75, 3.05) is 10.2 Å². The van der Waals surface area contributed by atoms with Crippen LogP contribution >= 0.6 is 0 Å². The number of urea groups is 1. The molecule has 11 heteroatoms. The summed E-state index contributed by atoms with van der Waals surface area (Å²) >= 11 is 0. The van der Waals surface area contributed by atoms with Crippen molar-refractivity contribution in [1.29, 1.82) is 0 Å². The van der Waals surface area contributed by atoms with Crippen molar-refractivity contribution < 1.29 is 41.0 Å². The van der Waals surface area contributed by atoms with Crippen molar-refractivity contribution in [3.8, 4) is 0 Å². The summed E-state index contributed by atoms with van der Waals surface area (Å²) in [4.78, 5) is 25.9.